The molecule has 37 heavy (non-hydrogen) atoms. The van der Waals surface area contributed by atoms with E-state index >= 15 is 0 Å². The number of halogens is 5. The SMILES string of the molecule is COc1cc(NC(=O)CN(c2ccc(Cl)c(C(F)(F)F)c2)S(=O)(=O)c2ccc(C)cc2)c(OC)cc1Cl. The van der Waals surface area contributed by atoms with E-state index in [0.717, 1.165) is 17.7 Å². The van der Waals surface area contributed by atoms with Gasteiger partial charge < -0.3 is 14.8 Å². The van der Waals surface area contributed by atoms with Crippen molar-refractivity contribution in [2.24, 2.45) is 0 Å². The number of aryl methyl sites for hydroxylation is 1. The van der Waals surface area contributed by atoms with E-state index in [0.29, 0.717) is 10.4 Å². The average Bonchev–Trinajstić information content (AvgIpc) is 2.83. The zero-order valence-electron chi connectivity index (χ0n) is 19.7. The molecule has 0 radical (unpaired) electrons. The molecule has 0 atom stereocenters. The highest BCUT2D eigenvalue weighted by atomic mass is 35.5. The summed E-state index contributed by atoms with van der Waals surface area (Å²) >= 11 is 11.8. The Morgan fingerprint density at radius 3 is 2.14 bits per heavy atom. The molecule has 0 saturated heterocycles. The maximum Gasteiger partial charge on any atom is 0.417 e. The fourth-order valence-electron chi connectivity index (χ4n) is 3.32. The van der Waals surface area contributed by atoms with Gasteiger partial charge in [-0.2, -0.15) is 13.2 Å². The molecule has 0 aromatic heterocycles. The second kappa shape index (κ2) is 11.1. The molecule has 0 unspecified atom stereocenters. The first kappa shape index (κ1) is 28.4. The molecule has 0 bridgehead atoms. The maximum atomic E-state index is 13.5. The Bertz CT molecular complexity index is 1420. The van der Waals surface area contributed by atoms with Crippen molar-refractivity contribution in [2.75, 3.05) is 30.4 Å². The Hall–Kier alpha value is -3.15. The van der Waals surface area contributed by atoms with Gasteiger partial charge in [0.05, 0.1) is 46.1 Å². The normalized spacial score (nSPS) is 11.7. The lowest BCUT2D eigenvalue weighted by Crippen LogP contribution is -2.38. The first-order valence-electron chi connectivity index (χ1n) is 10.5. The molecule has 0 saturated carbocycles. The van der Waals surface area contributed by atoms with E-state index in [1.165, 1.54) is 50.6 Å². The van der Waals surface area contributed by atoms with Crippen LogP contribution in [0.5, 0.6) is 11.5 Å². The lowest BCUT2D eigenvalue weighted by molar-refractivity contribution is -0.137. The summed E-state index contributed by atoms with van der Waals surface area (Å²) in [6, 6.07) is 11.0. The van der Waals surface area contributed by atoms with Crippen LogP contribution >= 0.6 is 23.2 Å². The molecule has 0 aliphatic rings. The van der Waals surface area contributed by atoms with Crippen LogP contribution in [0.25, 0.3) is 0 Å². The number of hydrogen-bond acceptors (Lipinski definition) is 5. The molecule has 13 heteroatoms. The van der Waals surface area contributed by atoms with Gasteiger partial charge in [-0.05, 0) is 37.3 Å². The molecule has 0 aliphatic heterocycles. The molecule has 7 nitrogen and oxygen atoms in total. The number of alkyl halides is 3. The van der Waals surface area contributed by atoms with Crippen molar-refractivity contribution < 1.29 is 35.9 Å². The highest BCUT2D eigenvalue weighted by Gasteiger charge is 2.35. The van der Waals surface area contributed by atoms with Crippen LogP contribution in [0, 0.1) is 6.92 Å². The predicted octanol–water partition coefficient (Wildman–Crippen LogP) is 6.17. The number of carbonyl (C=O) groups excluding carboxylic acids is 1. The number of nitrogens with one attached hydrogen (secondary N) is 1. The number of methoxy groups -OCH3 is 2. The lowest BCUT2D eigenvalue weighted by atomic mass is 10.2. The first-order chi connectivity index (χ1) is 17.3. The molecule has 1 amide bonds. The van der Waals surface area contributed by atoms with E-state index in [1.54, 1.807) is 6.92 Å². The lowest BCUT2D eigenvalue weighted by Gasteiger charge is -2.25. The molecule has 198 valence electrons. The Kier molecular flexibility index (Phi) is 8.51. The summed E-state index contributed by atoms with van der Waals surface area (Å²) in [6.45, 7) is 0.868. The summed E-state index contributed by atoms with van der Waals surface area (Å²) < 4.78 is 78.5. The van der Waals surface area contributed by atoms with E-state index in [4.69, 9.17) is 32.7 Å². The molecule has 0 fully saturated rings. The topological polar surface area (TPSA) is 84.9 Å². The minimum absolute atomic E-state index is 0.105. The van der Waals surface area contributed by atoms with Crippen molar-refractivity contribution >= 4 is 50.5 Å². The molecule has 0 aliphatic carbocycles. The van der Waals surface area contributed by atoms with Gasteiger partial charge in [-0.25, -0.2) is 8.42 Å². The van der Waals surface area contributed by atoms with Crippen molar-refractivity contribution in [1.82, 2.24) is 0 Å². The summed E-state index contributed by atoms with van der Waals surface area (Å²) in [5.41, 5.74) is -0.792. The van der Waals surface area contributed by atoms with Gasteiger partial charge in [0.1, 0.15) is 18.0 Å². The van der Waals surface area contributed by atoms with Crippen LogP contribution in [-0.2, 0) is 21.0 Å². The number of carbonyl (C=O) groups is 1. The van der Waals surface area contributed by atoms with Gasteiger partial charge in [-0.1, -0.05) is 40.9 Å². The van der Waals surface area contributed by atoms with E-state index in [9.17, 15) is 26.4 Å². The zero-order valence-corrected chi connectivity index (χ0v) is 22.0. The summed E-state index contributed by atoms with van der Waals surface area (Å²) in [7, 11) is -1.80. The average molecular weight is 577 g/mol. The number of amides is 1. The molecule has 3 rings (SSSR count). The summed E-state index contributed by atoms with van der Waals surface area (Å²) in [5.74, 6) is -0.519. The number of rotatable bonds is 8. The van der Waals surface area contributed by atoms with Crippen LogP contribution in [0.15, 0.2) is 59.5 Å². The number of benzene rings is 3. The Morgan fingerprint density at radius 2 is 1.57 bits per heavy atom. The Balaban J connectivity index is 2.07. The molecule has 0 heterocycles. The third-order valence-electron chi connectivity index (χ3n) is 5.19. The molecule has 1 N–H and O–H groups in total. The minimum Gasteiger partial charge on any atom is -0.495 e. The predicted molar refractivity (Wildman–Crippen MR) is 135 cm³/mol. The van der Waals surface area contributed by atoms with Crippen molar-refractivity contribution in [1.29, 1.82) is 0 Å². The van der Waals surface area contributed by atoms with E-state index in [1.807, 2.05) is 0 Å². The molecule has 3 aromatic rings. The van der Waals surface area contributed by atoms with Gasteiger partial charge in [0.15, 0.2) is 0 Å². The quantitative estimate of drug-likeness (QED) is 0.346. The number of ether oxygens (including phenoxy) is 2. The van der Waals surface area contributed by atoms with E-state index in [-0.39, 0.29) is 27.1 Å². The molecule has 3 aromatic carbocycles. The van der Waals surface area contributed by atoms with Crippen LogP contribution in [0.2, 0.25) is 10.0 Å². The van der Waals surface area contributed by atoms with Gasteiger partial charge in [-0.3, -0.25) is 9.10 Å². The standard InChI is InChI=1S/C24H21Cl2F3N2O5S/c1-14-4-7-16(8-5-14)37(33,34)31(15-6-9-18(25)17(10-15)24(27,28)29)13-23(32)30-20-12-21(35-2)19(26)11-22(20)36-3/h4-12H,13H2,1-3H3,(H,30,32). The van der Waals surface area contributed by atoms with Crippen LogP contribution in [0.1, 0.15) is 11.1 Å². The van der Waals surface area contributed by atoms with Gasteiger partial charge >= 0.3 is 6.18 Å². The largest absolute Gasteiger partial charge is 0.495 e. The van der Waals surface area contributed by atoms with E-state index in [2.05, 4.69) is 5.32 Å². The molecular weight excluding hydrogens is 556 g/mol. The van der Waals surface area contributed by atoms with Gasteiger partial charge in [0.2, 0.25) is 5.91 Å². The third-order valence-corrected chi connectivity index (χ3v) is 7.60. The number of sulfonamides is 1. The van der Waals surface area contributed by atoms with Crippen LogP contribution in [0.3, 0.4) is 0 Å². The van der Waals surface area contributed by atoms with Crippen molar-refractivity contribution in [3.63, 3.8) is 0 Å². The summed E-state index contributed by atoms with van der Waals surface area (Å²) in [5, 5.41) is 2.07. The summed E-state index contributed by atoms with van der Waals surface area (Å²) in [4.78, 5) is 12.8. The second-order valence-electron chi connectivity index (χ2n) is 7.72. The Labute approximate surface area is 221 Å². The highest BCUT2D eigenvalue weighted by molar-refractivity contribution is 7.92. The number of hydrogen-bond donors (Lipinski definition) is 1. The molecular formula is C24H21Cl2F3N2O5S. The fourth-order valence-corrected chi connectivity index (χ4v) is 5.18. The Morgan fingerprint density at radius 1 is 0.946 bits per heavy atom. The van der Waals surface area contributed by atoms with Crippen LogP contribution in [0.4, 0.5) is 24.5 Å². The first-order valence-corrected chi connectivity index (χ1v) is 12.6. The highest BCUT2D eigenvalue weighted by Crippen LogP contribution is 2.39. The summed E-state index contributed by atoms with van der Waals surface area (Å²) in [6.07, 6.45) is -4.86. The third kappa shape index (κ3) is 6.41. The van der Waals surface area contributed by atoms with Crippen molar-refractivity contribution in [3.05, 3.63) is 75.8 Å². The van der Waals surface area contributed by atoms with Crippen molar-refractivity contribution in [3.8, 4) is 11.5 Å². The zero-order chi connectivity index (χ0) is 27.5. The fraction of sp³-hybridized carbons (Fsp3) is 0.208. The minimum atomic E-state index is -4.86. The maximum absolute atomic E-state index is 13.5. The van der Waals surface area contributed by atoms with Crippen molar-refractivity contribution in [2.45, 2.75) is 18.0 Å². The smallest absolute Gasteiger partial charge is 0.417 e. The van der Waals surface area contributed by atoms with E-state index < -0.39 is 44.9 Å². The molecule has 0 spiro atoms. The van der Waals surface area contributed by atoms with Gasteiger partial charge in [-0.15, -0.1) is 0 Å². The van der Waals surface area contributed by atoms with Crippen LogP contribution in [-0.4, -0.2) is 35.1 Å². The van der Waals surface area contributed by atoms with Gasteiger partial charge in [0.25, 0.3) is 10.0 Å². The monoisotopic (exact) mass is 576 g/mol. The van der Waals surface area contributed by atoms with Crippen LogP contribution < -0.4 is 19.1 Å². The number of nitrogens with zero attached hydrogens (tertiary/aromatic N) is 1. The number of anilines is 2. The second-order valence-corrected chi connectivity index (χ2v) is 10.4. The van der Waals surface area contributed by atoms with Gasteiger partial charge in [0, 0.05) is 12.1 Å².